The number of nitrogens with zero attached hydrogens (tertiary/aromatic N) is 2. The molecule has 0 spiro atoms. The van der Waals surface area contributed by atoms with Crippen LogP contribution in [0.1, 0.15) is 33.6 Å². The Morgan fingerprint density at radius 2 is 1.89 bits per heavy atom. The molecule has 0 aliphatic carbocycles. The number of hydrogen-bond donors (Lipinski definition) is 0. The topological polar surface area (TPSA) is 66.9 Å². The number of carbonyl (C=O) groups excluding carboxylic acids is 1. The van der Waals surface area contributed by atoms with Gasteiger partial charge in [-0.25, -0.2) is 0 Å². The Bertz CT molecular complexity index is 354. The van der Waals surface area contributed by atoms with Gasteiger partial charge in [0, 0.05) is 19.6 Å². The van der Waals surface area contributed by atoms with Crippen molar-refractivity contribution in [2.45, 2.75) is 39.7 Å². The Balaban J connectivity index is 4.92. The van der Waals surface area contributed by atoms with Gasteiger partial charge in [-0.15, -0.1) is 0 Å². The minimum absolute atomic E-state index is 0.257. The van der Waals surface area contributed by atoms with Crippen molar-refractivity contribution in [2.24, 2.45) is 0 Å². The lowest BCUT2D eigenvalue weighted by Crippen LogP contribution is -2.48. The zero-order valence-corrected chi connectivity index (χ0v) is 12.7. The van der Waals surface area contributed by atoms with E-state index < -0.39 is 16.2 Å². The van der Waals surface area contributed by atoms with Gasteiger partial charge >= 0.3 is 5.97 Å². The lowest BCUT2D eigenvalue weighted by Gasteiger charge is -2.29. The zero-order chi connectivity index (χ0) is 14.3. The molecule has 6 nitrogen and oxygen atoms in total. The number of esters is 1. The van der Waals surface area contributed by atoms with E-state index in [0.717, 1.165) is 17.1 Å². The highest BCUT2D eigenvalue weighted by molar-refractivity contribution is 7.86. The highest BCUT2D eigenvalue weighted by Crippen LogP contribution is 2.12. The van der Waals surface area contributed by atoms with Crippen molar-refractivity contribution >= 4 is 16.2 Å². The van der Waals surface area contributed by atoms with Crippen LogP contribution in [0.15, 0.2) is 0 Å². The fraction of sp³-hybridized carbons (Fsp3) is 0.909. The van der Waals surface area contributed by atoms with Crippen molar-refractivity contribution in [2.75, 3.05) is 27.2 Å². The van der Waals surface area contributed by atoms with Crippen LogP contribution in [-0.4, -0.2) is 56.3 Å². The maximum atomic E-state index is 12.3. The van der Waals surface area contributed by atoms with Crippen molar-refractivity contribution in [3.8, 4) is 0 Å². The van der Waals surface area contributed by atoms with Crippen molar-refractivity contribution in [3.63, 3.8) is 0 Å². The van der Waals surface area contributed by atoms with E-state index in [1.807, 2.05) is 6.92 Å². The van der Waals surface area contributed by atoms with Crippen molar-refractivity contribution in [3.05, 3.63) is 0 Å². The number of hydrogen-bond acceptors (Lipinski definition) is 4. The molecule has 0 rings (SSSR count). The molecule has 0 bridgehead atoms. The lowest BCUT2D eigenvalue weighted by atomic mass is 10.3. The third-order valence-electron chi connectivity index (χ3n) is 2.61. The molecule has 0 heterocycles. The fourth-order valence-electron chi connectivity index (χ4n) is 1.40. The van der Waals surface area contributed by atoms with E-state index in [-0.39, 0.29) is 12.6 Å². The summed E-state index contributed by atoms with van der Waals surface area (Å²) in [6.45, 7) is 5.65. The summed E-state index contributed by atoms with van der Waals surface area (Å²) in [7, 11) is -0.842. The summed E-state index contributed by atoms with van der Waals surface area (Å²) in [6, 6.07) is -0.293. The molecule has 0 radical (unpaired) electrons. The predicted octanol–water partition coefficient (Wildman–Crippen LogP) is 0.847. The molecule has 0 aliphatic heterocycles. The second-order valence-electron chi connectivity index (χ2n) is 4.40. The zero-order valence-electron chi connectivity index (χ0n) is 11.8. The minimum atomic E-state index is -3.61. The summed E-state index contributed by atoms with van der Waals surface area (Å²) in [5.74, 6) is -0.559. The van der Waals surface area contributed by atoms with E-state index in [4.69, 9.17) is 0 Å². The molecule has 0 amide bonds. The van der Waals surface area contributed by atoms with E-state index in [1.165, 1.54) is 18.5 Å². The first kappa shape index (κ1) is 17.3. The average Bonchev–Trinajstić information content (AvgIpc) is 2.31. The Labute approximate surface area is 110 Å². The van der Waals surface area contributed by atoms with Crippen molar-refractivity contribution in [1.29, 1.82) is 0 Å². The normalized spacial score (nSPS) is 12.4. The number of unbranched alkanes of at least 4 members (excludes halogenated alkanes) is 1. The molecule has 0 aromatic carbocycles. The fourth-order valence-corrected chi connectivity index (χ4v) is 2.92. The highest BCUT2D eigenvalue weighted by Gasteiger charge is 2.30. The van der Waals surface area contributed by atoms with Gasteiger partial charge in [-0.2, -0.15) is 17.0 Å². The number of ether oxygens (including phenoxy) is 1. The number of methoxy groups -OCH3 is 1. The number of carbonyl (C=O) groups is 1. The van der Waals surface area contributed by atoms with Crippen LogP contribution in [0.5, 0.6) is 0 Å². The first-order valence-corrected chi connectivity index (χ1v) is 7.47. The number of rotatable bonds is 8. The van der Waals surface area contributed by atoms with Crippen LogP contribution in [0.3, 0.4) is 0 Å². The van der Waals surface area contributed by atoms with Crippen LogP contribution in [0.4, 0.5) is 0 Å². The maximum absolute atomic E-state index is 12.3. The van der Waals surface area contributed by atoms with E-state index in [0.29, 0.717) is 6.54 Å². The summed E-state index contributed by atoms with van der Waals surface area (Å²) < 4.78 is 31.5. The van der Waals surface area contributed by atoms with Gasteiger partial charge < -0.3 is 4.74 Å². The highest BCUT2D eigenvalue weighted by atomic mass is 32.2. The van der Waals surface area contributed by atoms with Crippen molar-refractivity contribution in [1.82, 2.24) is 8.61 Å². The van der Waals surface area contributed by atoms with Crippen LogP contribution in [0.25, 0.3) is 0 Å². The Kier molecular flexibility index (Phi) is 7.42. The van der Waals surface area contributed by atoms with Gasteiger partial charge in [0.05, 0.1) is 7.11 Å². The van der Waals surface area contributed by atoms with E-state index in [9.17, 15) is 13.2 Å². The molecule has 108 valence electrons. The van der Waals surface area contributed by atoms with Gasteiger partial charge in [-0.05, 0) is 20.3 Å². The molecule has 0 N–H and O–H groups in total. The van der Waals surface area contributed by atoms with Gasteiger partial charge in [0.1, 0.15) is 6.54 Å². The third-order valence-corrected chi connectivity index (χ3v) is 4.72. The molecular formula is C11H24N2O4S. The van der Waals surface area contributed by atoms with Crippen molar-refractivity contribution < 1.29 is 17.9 Å². The van der Waals surface area contributed by atoms with Crippen LogP contribution in [-0.2, 0) is 19.7 Å². The molecule has 0 saturated carbocycles. The van der Waals surface area contributed by atoms with Gasteiger partial charge in [0.2, 0.25) is 0 Å². The average molecular weight is 280 g/mol. The van der Waals surface area contributed by atoms with Crippen LogP contribution < -0.4 is 0 Å². The maximum Gasteiger partial charge on any atom is 0.321 e. The van der Waals surface area contributed by atoms with E-state index in [2.05, 4.69) is 4.74 Å². The van der Waals surface area contributed by atoms with E-state index >= 15 is 0 Å². The van der Waals surface area contributed by atoms with Gasteiger partial charge in [-0.1, -0.05) is 13.3 Å². The first-order valence-electron chi connectivity index (χ1n) is 6.07. The Morgan fingerprint density at radius 3 is 2.28 bits per heavy atom. The smallest absolute Gasteiger partial charge is 0.321 e. The van der Waals surface area contributed by atoms with Crippen LogP contribution in [0, 0.1) is 0 Å². The summed E-state index contributed by atoms with van der Waals surface area (Å²) in [6.07, 6.45) is 1.71. The summed E-state index contributed by atoms with van der Waals surface area (Å²) in [5, 5.41) is 0. The molecule has 0 fully saturated rings. The Morgan fingerprint density at radius 1 is 1.33 bits per heavy atom. The molecule has 0 atom stereocenters. The standard InChI is InChI=1S/C11H24N2O4S/c1-6-7-8-12(4)18(15,16)13(10(2)3)9-11(14)17-5/h10H,6-9H2,1-5H3. The van der Waals surface area contributed by atoms with E-state index in [1.54, 1.807) is 13.8 Å². The minimum Gasteiger partial charge on any atom is -0.468 e. The van der Waals surface area contributed by atoms with Crippen LogP contribution in [0.2, 0.25) is 0 Å². The van der Waals surface area contributed by atoms with Gasteiger partial charge in [0.15, 0.2) is 0 Å². The third kappa shape index (κ3) is 4.91. The molecular weight excluding hydrogens is 256 g/mol. The molecule has 18 heavy (non-hydrogen) atoms. The summed E-state index contributed by atoms with van der Waals surface area (Å²) in [5.41, 5.74) is 0. The largest absolute Gasteiger partial charge is 0.468 e. The van der Waals surface area contributed by atoms with Gasteiger partial charge in [-0.3, -0.25) is 4.79 Å². The van der Waals surface area contributed by atoms with Crippen LogP contribution >= 0.6 is 0 Å². The molecule has 7 heteroatoms. The molecule has 0 aromatic rings. The summed E-state index contributed by atoms with van der Waals surface area (Å²) in [4.78, 5) is 11.3. The predicted molar refractivity (Wildman–Crippen MR) is 70.3 cm³/mol. The molecule has 0 unspecified atom stereocenters. The SMILES string of the molecule is CCCCN(C)S(=O)(=O)N(CC(=O)OC)C(C)C. The van der Waals surface area contributed by atoms with Gasteiger partial charge in [0.25, 0.3) is 10.2 Å². The second kappa shape index (κ2) is 7.70. The summed E-state index contributed by atoms with van der Waals surface area (Å²) >= 11 is 0. The molecule has 0 aromatic heterocycles. The first-order chi connectivity index (χ1) is 8.27. The lowest BCUT2D eigenvalue weighted by molar-refractivity contribution is -0.141. The second-order valence-corrected chi connectivity index (χ2v) is 6.39. The molecule has 0 aliphatic rings. The molecule has 0 saturated heterocycles. The Hall–Kier alpha value is -0.660. The monoisotopic (exact) mass is 280 g/mol. The quantitative estimate of drug-likeness (QED) is 0.618.